The highest BCUT2D eigenvalue weighted by Gasteiger charge is 2.29. The summed E-state index contributed by atoms with van der Waals surface area (Å²) < 4.78 is 29.1. The van der Waals surface area contributed by atoms with E-state index in [1.807, 2.05) is 45.0 Å². The molecule has 0 aromatic heterocycles. The van der Waals surface area contributed by atoms with Gasteiger partial charge < -0.3 is 4.74 Å². The number of primary sulfonamides is 1. The zero-order valence-corrected chi connectivity index (χ0v) is 13.8. The van der Waals surface area contributed by atoms with Crippen LogP contribution < -0.4 is 9.88 Å². The molecule has 0 fully saturated rings. The summed E-state index contributed by atoms with van der Waals surface area (Å²) in [7, 11) is -3.51. The molecule has 4 nitrogen and oxygen atoms in total. The second-order valence-electron chi connectivity index (χ2n) is 5.66. The van der Waals surface area contributed by atoms with E-state index in [2.05, 4.69) is 15.9 Å². The number of ether oxygens (including phenoxy) is 1. The second kappa shape index (κ2) is 6.24. The average Bonchev–Trinajstić information content (AvgIpc) is 2.21. The van der Waals surface area contributed by atoms with Crippen molar-refractivity contribution in [2.45, 2.75) is 20.8 Å². The number of benzene rings is 1. The lowest BCUT2D eigenvalue weighted by Gasteiger charge is -2.29. The summed E-state index contributed by atoms with van der Waals surface area (Å²) in [5.74, 6) is 0.462. The molecule has 0 aliphatic rings. The van der Waals surface area contributed by atoms with Crippen molar-refractivity contribution in [1.29, 1.82) is 0 Å². The fourth-order valence-corrected chi connectivity index (χ4v) is 3.12. The number of hydrogen-bond donors (Lipinski definition) is 1. The van der Waals surface area contributed by atoms with Crippen LogP contribution in [0.2, 0.25) is 0 Å². The predicted molar refractivity (Wildman–Crippen MR) is 80.6 cm³/mol. The lowest BCUT2D eigenvalue weighted by atomic mass is 9.82. The van der Waals surface area contributed by atoms with Crippen molar-refractivity contribution in [3.63, 3.8) is 0 Å². The molecule has 1 aromatic rings. The van der Waals surface area contributed by atoms with Gasteiger partial charge >= 0.3 is 0 Å². The summed E-state index contributed by atoms with van der Waals surface area (Å²) in [6.07, 6.45) is 0. The molecule has 19 heavy (non-hydrogen) atoms. The molecule has 0 heterocycles. The molecule has 2 N–H and O–H groups in total. The Morgan fingerprint density at radius 1 is 1.37 bits per heavy atom. The Labute approximate surface area is 123 Å². The quantitative estimate of drug-likeness (QED) is 0.888. The van der Waals surface area contributed by atoms with Gasteiger partial charge in [0.1, 0.15) is 5.75 Å². The van der Waals surface area contributed by atoms with Crippen molar-refractivity contribution in [3.05, 3.63) is 28.7 Å². The highest BCUT2D eigenvalue weighted by Crippen LogP contribution is 2.28. The van der Waals surface area contributed by atoms with Gasteiger partial charge in [0.15, 0.2) is 0 Å². The van der Waals surface area contributed by atoms with Gasteiger partial charge in [0.2, 0.25) is 10.0 Å². The van der Waals surface area contributed by atoms with E-state index in [0.29, 0.717) is 12.4 Å². The topological polar surface area (TPSA) is 69.4 Å². The van der Waals surface area contributed by atoms with E-state index < -0.39 is 10.0 Å². The van der Waals surface area contributed by atoms with E-state index in [1.54, 1.807) is 0 Å². The lowest BCUT2D eigenvalue weighted by Crippen LogP contribution is -2.35. The van der Waals surface area contributed by atoms with Crippen LogP contribution in [0.5, 0.6) is 5.75 Å². The molecule has 0 aliphatic carbocycles. The molecule has 1 rings (SSSR count). The maximum Gasteiger partial charge on any atom is 0.209 e. The van der Waals surface area contributed by atoms with Gasteiger partial charge in [-0.25, -0.2) is 13.6 Å². The molecule has 0 bridgehead atoms. The molecule has 0 amide bonds. The molecule has 6 heteroatoms. The summed E-state index contributed by atoms with van der Waals surface area (Å²) in [5, 5.41) is 5.14. The Bertz CT molecular complexity index is 523. The molecule has 0 saturated carbocycles. The number of nitrogens with two attached hydrogens (primary N) is 1. The van der Waals surface area contributed by atoms with Gasteiger partial charge in [-0.3, -0.25) is 0 Å². The molecule has 1 aromatic carbocycles. The second-order valence-corrected chi connectivity index (χ2v) is 8.24. The molecule has 1 atom stereocenters. The van der Waals surface area contributed by atoms with E-state index in [0.717, 1.165) is 4.47 Å². The Morgan fingerprint density at radius 3 is 2.47 bits per heavy atom. The Kier molecular flexibility index (Phi) is 5.41. The molecule has 1 unspecified atom stereocenters. The predicted octanol–water partition coefficient (Wildman–Crippen LogP) is 2.78. The smallest absolute Gasteiger partial charge is 0.209 e. The van der Waals surface area contributed by atoms with Crippen molar-refractivity contribution in [2.75, 3.05) is 12.4 Å². The third-order valence-corrected chi connectivity index (χ3v) is 4.27. The molecular weight excluding hydrogens is 330 g/mol. The van der Waals surface area contributed by atoms with Crippen molar-refractivity contribution >= 4 is 26.0 Å². The van der Waals surface area contributed by atoms with Gasteiger partial charge in [-0.2, -0.15) is 0 Å². The first kappa shape index (κ1) is 16.5. The number of halogens is 1. The average molecular weight is 350 g/mol. The van der Waals surface area contributed by atoms with Gasteiger partial charge in [-0.1, -0.05) is 42.8 Å². The Hall–Kier alpha value is -0.590. The zero-order chi connectivity index (χ0) is 14.7. The van der Waals surface area contributed by atoms with Crippen LogP contribution in [-0.4, -0.2) is 20.8 Å². The van der Waals surface area contributed by atoms with Crippen LogP contribution in [0.4, 0.5) is 0 Å². The summed E-state index contributed by atoms with van der Waals surface area (Å²) in [4.78, 5) is 0. The SMILES string of the molecule is CC(C)(C)C(COc1cccc(Br)c1)CS(N)(=O)=O. The largest absolute Gasteiger partial charge is 0.493 e. The van der Waals surface area contributed by atoms with Crippen LogP contribution in [-0.2, 0) is 10.0 Å². The van der Waals surface area contributed by atoms with Gasteiger partial charge in [-0.05, 0) is 23.6 Å². The van der Waals surface area contributed by atoms with Crippen LogP contribution in [0.3, 0.4) is 0 Å². The van der Waals surface area contributed by atoms with E-state index in [-0.39, 0.29) is 17.1 Å². The third kappa shape index (κ3) is 6.40. The highest BCUT2D eigenvalue weighted by molar-refractivity contribution is 9.10. The van der Waals surface area contributed by atoms with Crippen molar-refractivity contribution < 1.29 is 13.2 Å². The fourth-order valence-electron chi connectivity index (χ4n) is 1.58. The minimum atomic E-state index is -3.51. The number of rotatable bonds is 5. The van der Waals surface area contributed by atoms with E-state index in [9.17, 15) is 8.42 Å². The summed E-state index contributed by atoms with van der Waals surface area (Å²) in [6.45, 7) is 6.25. The first-order valence-corrected chi connectivity index (χ1v) is 8.47. The first-order valence-electron chi connectivity index (χ1n) is 5.97. The van der Waals surface area contributed by atoms with Gasteiger partial charge in [0.05, 0.1) is 12.4 Å². The Morgan fingerprint density at radius 2 is 2.00 bits per heavy atom. The van der Waals surface area contributed by atoms with Crippen molar-refractivity contribution in [3.8, 4) is 5.75 Å². The molecule has 0 spiro atoms. The summed E-state index contributed by atoms with van der Waals surface area (Å²) >= 11 is 3.36. The molecule has 108 valence electrons. The molecule has 0 aliphatic heterocycles. The lowest BCUT2D eigenvalue weighted by molar-refractivity contribution is 0.163. The van der Waals surface area contributed by atoms with Crippen LogP contribution in [0.25, 0.3) is 0 Å². The first-order chi connectivity index (χ1) is 8.58. The molecule has 0 radical (unpaired) electrons. The van der Waals surface area contributed by atoms with E-state index in [4.69, 9.17) is 9.88 Å². The standard InChI is InChI=1S/C13H20BrNO3S/c1-13(2,3)10(9-19(15,16)17)8-18-12-6-4-5-11(14)7-12/h4-7,10H,8-9H2,1-3H3,(H2,15,16,17). The number of sulfonamides is 1. The third-order valence-electron chi connectivity index (χ3n) is 2.91. The zero-order valence-electron chi connectivity index (χ0n) is 11.4. The van der Waals surface area contributed by atoms with Crippen LogP contribution in [0.1, 0.15) is 20.8 Å². The van der Waals surface area contributed by atoms with E-state index >= 15 is 0 Å². The minimum Gasteiger partial charge on any atom is -0.493 e. The number of hydrogen-bond acceptors (Lipinski definition) is 3. The van der Waals surface area contributed by atoms with Crippen LogP contribution in [0.15, 0.2) is 28.7 Å². The molecule has 0 saturated heterocycles. The summed E-state index contributed by atoms with van der Waals surface area (Å²) in [5.41, 5.74) is -0.196. The monoisotopic (exact) mass is 349 g/mol. The van der Waals surface area contributed by atoms with Crippen molar-refractivity contribution in [2.24, 2.45) is 16.5 Å². The van der Waals surface area contributed by atoms with Crippen LogP contribution >= 0.6 is 15.9 Å². The maximum atomic E-state index is 11.3. The molecular formula is C13H20BrNO3S. The van der Waals surface area contributed by atoms with Gasteiger partial charge in [0.25, 0.3) is 0 Å². The normalized spacial score (nSPS) is 14.2. The summed E-state index contributed by atoms with van der Waals surface area (Å²) in [6, 6.07) is 7.45. The van der Waals surface area contributed by atoms with Gasteiger partial charge in [-0.15, -0.1) is 0 Å². The minimum absolute atomic E-state index is 0.0789. The van der Waals surface area contributed by atoms with Gasteiger partial charge in [0, 0.05) is 10.4 Å². The maximum absolute atomic E-state index is 11.3. The Balaban J connectivity index is 2.74. The van der Waals surface area contributed by atoms with E-state index in [1.165, 1.54) is 0 Å². The van der Waals surface area contributed by atoms with Crippen molar-refractivity contribution in [1.82, 2.24) is 0 Å². The fraction of sp³-hybridized carbons (Fsp3) is 0.538. The highest BCUT2D eigenvalue weighted by atomic mass is 79.9. The van der Waals surface area contributed by atoms with Crippen LogP contribution in [0, 0.1) is 11.3 Å².